The maximum Gasteiger partial charge on any atom is 0.242 e. The number of aryl methyl sites for hydroxylation is 1. The summed E-state index contributed by atoms with van der Waals surface area (Å²) >= 11 is 6.10. The minimum absolute atomic E-state index is 0.142. The van der Waals surface area contributed by atoms with E-state index in [4.69, 9.17) is 11.6 Å². The van der Waals surface area contributed by atoms with E-state index in [1.54, 1.807) is 13.0 Å². The maximum atomic E-state index is 14.2. The fraction of sp³-hybridized carbons (Fsp3) is 0.391. The van der Waals surface area contributed by atoms with Crippen molar-refractivity contribution in [3.8, 4) is 0 Å². The predicted molar refractivity (Wildman–Crippen MR) is 114 cm³/mol. The van der Waals surface area contributed by atoms with Crippen molar-refractivity contribution in [3.05, 3.63) is 70.0 Å². The van der Waals surface area contributed by atoms with E-state index >= 15 is 0 Å². The Morgan fingerprint density at radius 1 is 1.14 bits per heavy atom. The van der Waals surface area contributed by atoms with Gasteiger partial charge in [-0.3, -0.25) is 9.59 Å². The third kappa shape index (κ3) is 6.57. The first-order valence-electron chi connectivity index (χ1n) is 9.74. The summed E-state index contributed by atoms with van der Waals surface area (Å²) in [6, 6.07) is 11.4. The molecule has 0 aliphatic heterocycles. The molecule has 0 bridgehead atoms. The van der Waals surface area contributed by atoms with E-state index in [0.29, 0.717) is 12.5 Å². The van der Waals surface area contributed by atoms with Crippen LogP contribution in [0.2, 0.25) is 5.02 Å². The van der Waals surface area contributed by atoms with Crippen molar-refractivity contribution in [2.24, 2.45) is 5.92 Å². The average Bonchev–Trinajstić information content (AvgIpc) is 2.66. The van der Waals surface area contributed by atoms with Crippen LogP contribution in [0.1, 0.15) is 37.5 Å². The van der Waals surface area contributed by atoms with Crippen LogP contribution in [-0.2, 0) is 22.6 Å². The topological polar surface area (TPSA) is 49.4 Å². The summed E-state index contributed by atoms with van der Waals surface area (Å²) in [5.74, 6) is -0.826. The van der Waals surface area contributed by atoms with Crippen molar-refractivity contribution in [1.29, 1.82) is 0 Å². The van der Waals surface area contributed by atoms with Crippen LogP contribution in [-0.4, -0.2) is 29.3 Å². The predicted octanol–water partition coefficient (Wildman–Crippen LogP) is 4.52. The minimum Gasteiger partial charge on any atom is -0.354 e. The first kappa shape index (κ1) is 22.9. The minimum atomic E-state index is -0.702. The standard InChI is InChI=1S/C23H28ClFN2O2/c1-15(2)13-26-23(29)17(4)27(14-18-8-5-7-16(3)11-18)22(28)12-19-20(24)9-6-10-21(19)25/h5-11,15,17H,12-14H2,1-4H3,(H,26,29). The van der Waals surface area contributed by atoms with Gasteiger partial charge in [0.05, 0.1) is 6.42 Å². The van der Waals surface area contributed by atoms with Crippen LogP contribution in [0, 0.1) is 18.7 Å². The van der Waals surface area contributed by atoms with Gasteiger partial charge in [-0.05, 0) is 37.5 Å². The molecule has 2 rings (SSSR count). The number of rotatable bonds is 8. The molecule has 0 heterocycles. The van der Waals surface area contributed by atoms with Crippen molar-refractivity contribution in [3.63, 3.8) is 0 Å². The van der Waals surface area contributed by atoms with E-state index in [-0.39, 0.29) is 35.4 Å². The number of hydrogen-bond acceptors (Lipinski definition) is 2. The fourth-order valence-corrected chi connectivity index (χ4v) is 3.23. The Labute approximate surface area is 177 Å². The summed E-state index contributed by atoms with van der Waals surface area (Å²) < 4.78 is 14.2. The van der Waals surface area contributed by atoms with Crippen LogP contribution in [0.5, 0.6) is 0 Å². The molecule has 156 valence electrons. The molecule has 4 nitrogen and oxygen atoms in total. The maximum absolute atomic E-state index is 14.2. The van der Waals surface area contributed by atoms with Crippen molar-refractivity contribution in [1.82, 2.24) is 10.2 Å². The zero-order valence-corrected chi connectivity index (χ0v) is 18.1. The Balaban J connectivity index is 2.27. The lowest BCUT2D eigenvalue weighted by molar-refractivity contribution is -0.140. The second-order valence-electron chi connectivity index (χ2n) is 7.70. The van der Waals surface area contributed by atoms with Gasteiger partial charge in [-0.2, -0.15) is 0 Å². The first-order valence-corrected chi connectivity index (χ1v) is 10.1. The Morgan fingerprint density at radius 2 is 1.83 bits per heavy atom. The van der Waals surface area contributed by atoms with Gasteiger partial charge in [0, 0.05) is 23.7 Å². The van der Waals surface area contributed by atoms with Crippen molar-refractivity contribution < 1.29 is 14.0 Å². The highest BCUT2D eigenvalue weighted by Gasteiger charge is 2.27. The van der Waals surface area contributed by atoms with E-state index in [1.165, 1.54) is 17.0 Å². The molecule has 29 heavy (non-hydrogen) atoms. The van der Waals surface area contributed by atoms with Gasteiger partial charge < -0.3 is 10.2 Å². The second-order valence-corrected chi connectivity index (χ2v) is 8.11. The van der Waals surface area contributed by atoms with Crippen molar-refractivity contribution >= 4 is 23.4 Å². The number of halogens is 2. The molecule has 0 fully saturated rings. The molecule has 6 heteroatoms. The Hall–Kier alpha value is -2.40. The highest BCUT2D eigenvalue weighted by atomic mass is 35.5. The number of hydrogen-bond donors (Lipinski definition) is 1. The van der Waals surface area contributed by atoms with Crippen molar-refractivity contribution in [2.45, 2.75) is 46.7 Å². The van der Waals surface area contributed by atoms with Gasteiger partial charge in [0.25, 0.3) is 0 Å². The highest BCUT2D eigenvalue weighted by Crippen LogP contribution is 2.21. The van der Waals surface area contributed by atoms with E-state index in [1.807, 2.05) is 45.0 Å². The van der Waals surface area contributed by atoms with Crippen LogP contribution < -0.4 is 5.32 Å². The number of carbonyl (C=O) groups is 2. The van der Waals surface area contributed by atoms with Crippen LogP contribution in [0.4, 0.5) is 4.39 Å². The van der Waals surface area contributed by atoms with Gasteiger partial charge in [-0.15, -0.1) is 0 Å². The first-order chi connectivity index (χ1) is 13.7. The largest absolute Gasteiger partial charge is 0.354 e. The van der Waals surface area contributed by atoms with E-state index in [2.05, 4.69) is 5.32 Å². The summed E-state index contributed by atoms with van der Waals surface area (Å²) in [5.41, 5.74) is 2.11. The van der Waals surface area contributed by atoms with Gasteiger partial charge >= 0.3 is 0 Å². The molecule has 0 spiro atoms. The van der Waals surface area contributed by atoms with Crippen molar-refractivity contribution in [2.75, 3.05) is 6.54 Å². The van der Waals surface area contributed by atoms with Gasteiger partial charge in [0.1, 0.15) is 11.9 Å². The lowest BCUT2D eigenvalue weighted by Crippen LogP contribution is -2.48. The molecular formula is C23H28ClFN2O2. The normalized spacial score (nSPS) is 12.0. The smallest absolute Gasteiger partial charge is 0.242 e. The molecule has 0 aliphatic rings. The lowest BCUT2D eigenvalue weighted by Gasteiger charge is -2.29. The second kappa shape index (κ2) is 10.4. The molecule has 2 aromatic rings. The van der Waals surface area contributed by atoms with Crippen LogP contribution in [0.3, 0.4) is 0 Å². The third-order valence-corrected chi connectivity index (χ3v) is 5.03. The molecule has 2 amide bonds. The van der Waals surface area contributed by atoms with Gasteiger partial charge in [-0.1, -0.05) is 61.3 Å². The summed E-state index contributed by atoms with van der Waals surface area (Å²) in [6.07, 6.45) is -0.209. The summed E-state index contributed by atoms with van der Waals surface area (Å²) in [6.45, 7) is 8.43. The van der Waals surface area contributed by atoms with E-state index < -0.39 is 11.9 Å². The fourth-order valence-electron chi connectivity index (χ4n) is 3.00. The molecule has 0 aliphatic carbocycles. The molecule has 1 atom stereocenters. The van der Waals surface area contributed by atoms with Crippen LogP contribution >= 0.6 is 11.6 Å². The number of amides is 2. The number of nitrogens with zero attached hydrogens (tertiary/aromatic N) is 1. The van der Waals surface area contributed by atoms with Crippen LogP contribution in [0.15, 0.2) is 42.5 Å². The summed E-state index contributed by atoms with van der Waals surface area (Å²) in [7, 11) is 0. The Bertz CT molecular complexity index is 849. The lowest BCUT2D eigenvalue weighted by atomic mass is 10.1. The number of nitrogens with one attached hydrogen (secondary N) is 1. The molecule has 0 aromatic heterocycles. The Kier molecular flexibility index (Phi) is 8.21. The molecule has 2 aromatic carbocycles. The molecule has 0 radical (unpaired) electrons. The van der Waals surface area contributed by atoms with Crippen LogP contribution in [0.25, 0.3) is 0 Å². The zero-order chi connectivity index (χ0) is 21.6. The van der Waals surface area contributed by atoms with Gasteiger partial charge in [0.2, 0.25) is 11.8 Å². The summed E-state index contributed by atoms with van der Waals surface area (Å²) in [4.78, 5) is 27.2. The third-order valence-electron chi connectivity index (χ3n) is 4.68. The quantitative estimate of drug-likeness (QED) is 0.685. The number of carbonyl (C=O) groups excluding carboxylic acids is 2. The molecular weight excluding hydrogens is 391 g/mol. The number of benzene rings is 2. The zero-order valence-electron chi connectivity index (χ0n) is 17.3. The molecule has 0 saturated carbocycles. The monoisotopic (exact) mass is 418 g/mol. The molecule has 0 saturated heterocycles. The van der Waals surface area contributed by atoms with E-state index in [0.717, 1.165) is 11.1 Å². The van der Waals surface area contributed by atoms with Gasteiger partial charge in [0.15, 0.2) is 0 Å². The van der Waals surface area contributed by atoms with Gasteiger partial charge in [-0.25, -0.2) is 4.39 Å². The SMILES string of the molecule is Cc1cccc(CN(C(=O)Cc2c(F)cccc2Cl)C(C)C(=O)NCC(C)C)c1. The summed E-state index contributed by atoms with van der Waals surface area (Å²) in [5, 5.41) is 3.07. The highest BCUT2D eigenvalue weighted by molar-refractivity contribution is 6.31. The van der Waals surface area contributed by atoms with E-state index in [9.17, 15) is 14.0 Å². The molecule has 1 unspecified atom stereocenters. The average molecular weight is 419 g/mol. The molecule has 1 N–H and O–H groups in total. The Morgan fingerprint density at radius 3 is 2.45 bits per heavy atom.